The zero-order chi connectivity index (χ0) is 19.3. The predicted octanol–water partition coefficient (Wildman–Crippen LogP) is 1.81. The molecule has 1 aliphatic carbocycles. The van der Waals surface area contributed by atoms with E-state index in [2.05, 4.69) is 4.90 Å². The molecule has 3 atom stereocenters. The molecule has 0 amide bonds. The van der Waals surface area contributed by atoms with Gasteiger partial charge in [-0.05, 0) is 55.2 Å². The van der Waals surface area contributed by atoms with Crippen LogP contribution in [0.4, 0.5) is 4.39 Å². The van der Waals surface area contributed by atoms with Crippen LogP contribution in [0.3, 0.4) is 0 Å². The molecule has 2 aliphatic rings. The standard InChI is InChI=1S/C21H26FN3O2/c1-13-17(20(26)24(3)21(27)23(13)2)8-9-25-11-15-10-18(19(15)12-25)14-4-6-16(22)7-5-14/h4-7,15,18-19H,8-12H2,1-3H3. The van der Waals surface area contributed by atoms with Gasteiger partial charge in [0.15, 0.2) is 0 Å². The first kappa shape index (κ1) is 18.2. The Labute approximate surface area is 158 Å². The molecular weight excluding hydrogens is 345 g/mol. The number of rotatable bonds is 4. The molecule has 4 rings (SSSR count). The highest BCUT2D eigenvalue weighted by atomic mass is 19.1. The van der Waals surface area contributed by atoms with E-state index in [1.807, 2.05) is 19.1 Å². The van der Waals surface area contributed by atoms with Crippen molar-refractivity contribution in [2.24, 2.45) is 25.9 Å². The van der Waals surface area contributed by atoms with Gasteiger partial charge in [-0.1, -0.05) is 12.1 Å². The third-order valence-corrected chi connectivity index (χ3v) is 6.69. The summed E-state index contributed by atoms with van der Waals surface area (Å²) in [6.45, 7) is 4.76. The molecule has 1 saturated heterocycles. The van der Waals surface area contributed by atoms with E-state index in [1.165, 1.54) is 17.2 Å². The monoisotopic (exact) mass is 371 g/mol. The van der Waals surface area contributed by atoms with Crippen LogP contribution < -0.4 is 11.2 Å². The third kappa shape index (κ3) is 3.06. The maximum atomic E-state index is 13.2. The Balaban J connectivity index is 1.43. The van der Waals surface area contributed by atoms with E-state index in [0.29, 0.717) is 24.2 Å². The summed E-state index contributed by atoms with van der Waals surface area (Å²) in [6, 6.07) is 6.92. The molecule has 0 N–H and O–H groups in total. The maximum Gasteiger partial charge on any atom is 0.330 e. The second-order valence-electron chi connectivity index (χ2n) is 8.10. The van der Waals surface area contributed by atoms with Gasteiger partial charge in [-0.15, -0.1) is 0 Å². The Kier molecular flexibility index (Phi) is 4.54. The summed E-state index contributed by atoms with van der Waals surface area (Å²) in [4.78, 5) is 26.9. The maximum absolute atomic E-state index is 13.2. The van der Waals surface area contributed by atoms with Crippen LogP contribution in [0, 0.1) is 24.6 Å². The second kappa shape index (κ2) is 6.75. The van der Waals surface area contributed by atoms with Crippen molar-refractivity contribution in [2.45, 2.75) is 25.7 Å². The summed E-state index contributed by atoms with van der Waals surface area (Å²) >= 11 is 0. The largest absolute Gasteiger partial charge is 0.330 e. The molecule has 27 heavy (non-hydrogen) atoms. The first-order valence-corrected chi connectivity index (χ1v) is 9.60. The summed E-state index contributed by atoms with van der Waals surface area (Å²) in [5, 5.41) is 0. The van der Waals surface area contributed by atoms with Crippen molar-refractivity contribution in [1.29, 1.82) is 0 Å². The Morgan fingerprint density at radius 2 is 1.78 bits per heavy atom. The molecule has 5 nitrogen and oxygen atoms in total. The lowest BCUT2D eigenvalue weighted by Crippen LogP contribution is -2.41. The molecule has 2 heterocycles. The van der Waals surface area contributed by atoms with Crippen LogP contribution in [0.2, 0.25) is 0 Å². The van der Waals surface area contributed by atoms with Crippen molar-refractivity contribution in [3.05, 3.63) is 67.7 Å². The van der Waals surface area contributed by atoms with E-state index in [1.54, 1.807) is 23.7 Å². The van der Waals surface area contributed by atoms with E-state index in [0.717, 1.165) is 37.3 Å². The number of likely N-dealkylation sites (tertiary alicyclic amines) is 1. The summed E-state index contributed by atoms with van der Waals surface area (Å²) < 4.78 is 15.9. The first-order valence-electron chi connectivity index (χ1n) is 9.60. The van der Waals surface area contributed by atoms with Crippen LogP contribution >= 0.6 is 0 Å². The van der Waals surface area contributed by atoms with Crippen LogP contribution in [0.5, 0.6) is 0 Å². The van der Waals surface area contributed by atoms with E-state index < -0.39 is 0 Å². The molecule has 2 fully saturated rings. The van der Waals surface area contributed by atoms with E-state index in [-0.39, 0.29) is 17.1 Å². The molecule has 0 spiro atoms. The fourth-order valence-corrected chi connectivity index (χ4v) is 4.85. The average Bonchev–Trinajstić information content (AvgIpc) is 2.96. The number of nitrogens with zero attached hydrogens (tertiary/aromatic N) is 3. The fraction of sp³-hybridized carbons (Fsp3) is 0.524. The smallest absolute Gasteiger partial charge is 0.302 e. The van der Waals surface area contributed by atoms with Crippen LogP contribution in [0.1, 0.15) is 29.2 Å². The summed E-state index contributed by atoms with van der Waals surface area (Å²) in [5.41, 5.74) is 2.27. The van der Waals surface area contributed by atoms with Gasteiger partial charge in [0.2, 0.25) is 0 Å². The Hall–Kier alpha value is -2.21. The molecule has 1 saturated carbocycles. The quantitative estimate of drug-likeness (QED) is 0.824. The average molecular weight is 371 g/mol. The molecule has 144 valence electrons. The molecule has 1 aromatic heterocycles. The third-order valence-electron chi connectivity index (χ3n) is 6.69. The molecular formula is C21H26FN3O2. The minimum absolute atomic E-state index is 0.179. The number of aromatic nitrogens is 2. The van der Waals surface area contributed by atoms with Gasteiger partial charge >= 0.3 is 5.69 Å². The van der Waals surface area contributed by atoms with Gasteiger partial charge in [0, 0.05) is 45.0 Å². The molecule has 2 aromatic rings. The van der Waals surface area contributed by atoms with Crippen molar-refractivity contribution < 1.29 is 4.39 Å². The zero-order valence-electron chi connectivity index (χ0n) is 16.1. The van der Waals surface area contributed by atoms with E-state index in [9.17, 15) is 14.0 Å². The molecule has 3 unspecified atom stereocenters. The summed E-state index contributed by atoms with van der Waals surface area (Å²) in [5.74, 6) is 1.66. The number of fused-ring (bicyclic) bond motifs is 1. The Morgan fingerprint density at radius 1 is 1.07 bits per heavy atom. The zero-order valence-corrected chi connectivity index (χ0v) is 16.1. The van der Waals surface area contributed by atoms with Gasteiger partial charge < -0.3 is 9.47 Å². The number of hydrogen-bond acceptors (Lipinski definition) is 3. The van der Waals surface area contributed by atoms with E-state index >= 15 is 0 Å². The lowest BCUT2D eigenvalue weighted by molar-refractivity contribution is 0.191. The van der Waals surface area contributed by atoms with Crippen molar-refractivity contribution in [2.75, 3.05) is 19.6 Å². The van der Waals surface area contributed by atoms with Gasteiger partial charge in [0.25, 0.3) is 5.56 Å². The van der Waals surface area contributed by atoms with Crippen molar-refractivity contribution >= 4 is 0 Å². The van der Waals surface area contributed by atoms with Crippen LogP contribution in [0.25, 0.3) is 0 Å². The molecule has 1 aromatic carbocycles. The predicted molar refractivity (Wildman–Crippen MR) is 103 cm³/mol. The minimum atomic E-state index is -0.275. The van der Waals surface area contributed by atoms with Gasteiger partial charge in [-0.3, -0.25) is 9.36 Å². The van der Waals surface area contributed by atoms with Crippen LogP contribution in [-0.2, 0) is 20.5 Å². The van der Waals surface area contributed by atoms with Crippen molar-refractivity contribution in [3.8, 4) is 0 Å². The highest BCUT2D eigenvalue weighted by Gasteiger charge is 2.47. The lowest BCUT2D eigenvalue weighted by Gasteiger charge is -2.40. The molecule has 6 heteroatoms. The second-order valence-corrected chi connectivity index (χ2v) is 8.10. The molecule has 0 bridgehead atoms. The Morgan fingerprint density at radius 3 is 2.48 bits per heavy atom. The van der Waals surface area contributed by atoms with Crippen molar-refractivity contribution in [3.63, 3.8) is 0 Å². The van der Waals surface area contributed by atoms with Gasteiger partial charge in [-0.25, -0.2) is 9.18 Å². The number of hydrogen-bond donors (Lipinski definition) is 0. The normalized spacial score (nSPS) is 24.7. The minimum Gasteiger partial charge on any atom is -0.302 e. The molecule has 1 aliphatic heterocycles. The van der Waals surface area contributed by atoms with Gasteiger partial charge in [0.1, 0.15) is 5.82 Å². The number of benzene rings is 1. The summed E-state index contributed by atoms with van der Waals surface area (Å²) in [7, 11) is 3.25. The molecule has 0 radical (unpaired) electrons. The highest BCUT2D eigenvalue weighted by molar-refractivity contribution is 5.26. The topological polar surface area (TPSA) is 47.2 Å². The van der Waals surface area contributed by atoms with Crippen LogP contribution in [-0.4, -0.2) is 33.7 Å². The highest BCUT2D eigenvalue weighted by Crippen LogP contribution is 2.51. The van der Waals surface area contributed by atoms with Crippen molar-refractivity contribution in [1.82, 2.24) is 14.0 Å². The van der Waals surface area contributed by atoms with Gasteiger partial charge in [0.05, 0.1) is 0 Å². The fourth-order valence-electron chi connectivity index (χ4n) is 4.85. The first-order chi connectivity index (χ1) is 12.9. The van der Waals surface area contributed by atoms with E-state index in [4.69, 9.17) is 0 Å². The van der Waals surface area contributed by atoms with Crippen LogP contribution in [0.15, 0.2) is 33.9 Å². The Bertz CT molecular complexity index is 977. The van der Waals surface area contributed by atoms with Gasteiger partial charge in [-0.2, -0.15) is 0 Å². The lowest BCUT2D eigenvalue weighted by atomic mass is 9.64. The SMILES string of the molecule is Cc1c(CCN2CC3CC(c4ccc(F)cc4)C3C2)c(=O)n(C)c(=O)n1C. The summed E-state index contributed by atoms with van der Waals surface area (Å²) in [6.07, 6.45) is 1.82. The number of halogens is 1.